The molecule has 1 N–H and O–H groups in total. The van der Waals surface area contributed by atoms with Gasteiger partial charge in [0.25, 0.3) is 11.8 Å². The summed E-state index contributed by atoms with van der Waals surface area (Å²) in [5.41, 5.74) is 0.352. The third kappa shape index (κ3) is 4.71. The standard InChI is InChI=1S/C20H21N5O6/c1-4-24-18(20(27)23(2)3)14(11-21-24)22-19(26)17-10-9-13(31-17)12-30-16-8-6-5-7-15(16)25(28)29/h5-11H,4,12H2,1-3H3,(H,22,26). The summed E-state index contributed by atoms with van der Waals surface area (Å²) in [6.45, 7) is 2.19. The van der Waals surface area contributed by atoms with E-state index in [2.05, 4.69) is 10.4 Å². The van der Waals surface area contributed by atoms with Gasteiger partial charge in [0.2, 0.25) is 0 Å². The van der Waals surface area contributed by atoms with Crippen molar-refractivity contribution in [3.05, 3.63) is 69.9 Å². The van der Waals surface area contributed by atoms with E-state index in [0.29, 0.717) is 12.3 Å². The van der Waals surface area contributed by atoms with Gasteiger partial charge in [-0.2, -0.15) is 5.10 Å². The Morgan fingerprint density at radius 3 is 2.68 bits per heavy atom. The summed E-state index contributed by atoms with van der Waals surface area (Å²) in [7, 11) is 3.22. The lowest BCUT2D eigenvalue weighted by Gasteiger charge is -2.13. The number of ether oxygens (including phenoxy) is 1. The number of benzene rings is 1. The van der Waals surface area contributed by atoms with Crippen LogP contribution < -0.4 is 10.1 Å². The maximum absolute atomic E-state index is 12.6. The van der Waals surface area contributed by atoms with Gasteiger partial charge in [-0.3, -0.25) is 24.4 Å². The predicted octanol–water partition coefficient (Wildman–Crippen LogP) is 2.94. The second-order valence-corrected chi connectivity index (χ2v) is 6.66. The van der Waals surface area contributed by atoms with E-state index >= 15 is 0 Å². The lowest BCUT2D eigenvalue weighted by Crippen LogP contribution is -2.26. The molecule has 11 nitrogen and oxygen atoms in total. The van der Waals surface area contributed by atoms with Crippen molar-refractivity contribution in [2.75, 3.05) is 19.4 Å². The summed E-state index contributed by atoms with van der Waals surface area (Å²) < 4.78 is 12.4. The van der Waals surface area contributed by atoms with Crippen LogP contribution >= 0.6 is 0 Å². The molecule has 0 radical (unpaired) electrons. The summed E-state index contributed by atoms with van der Waals surface area (Å²) in [4.78, 5) is 36.9. The Bertz CT molecular complexity index is 1120. The van der Waals surface area contributed by atoms with Crippen LogP contribution in [0.1, 0.15) is 33.7 Å². The molecule has 2 amide bonds. The van der Waals surface area contributed by atoms with Gasteiger partial charge < -0.3 is 19.4 Å². The summed E-state index contributed by atoms with van der Waals surface area (Å²) in [5.74, 6) is -0.479. The molecule has 3 aromatic rings. The smallest absolute Gasteiger partial charge is 0.310 e. The zero-order valence-corrected chi connectivity index (χ0v) is 17.2. The van der Waals surface area contributed by atoms with E-state index in [9.17, 15) is 19.7 Å². The lowest BCUT2D eigenvalue weighted by atomic mass is 10.3. The van der Waals surface area contributed by atoms with Crippen molar-refractivity contribution < 1.29 is 23.7 Å². The number of nitrogens with one attached hydrogen (secondary N) is 1. The number of aryl methyl sites for hydroxylation is 1. The third-order valence-electron chi connectivity index (χ3n) is 4.31. The van der Waals surface area contributed by atoms with Crippen molar-refractivity contribution in [3.63, 3.8) is 0 Å². The molecular formula is C20H21N5O6. The number of anilines is 1. The Kier molecular flexibility index (Phi) is 6.34. The second kappa shape index (κ2) is 9.11. The molecular weight excluding hydrogens is 406 g/mol. The monoisotopic (exact) mass is 427 g/mol. The average Bonchev–Trinajstić information content (AvgIpc) is 3.38. The van der Waals surface area contributed by atoms with E-state index in [1.165, 1.54) is 46.1 Å². The second-order valence-electron chi connectivity index (χ2n) is 6.66. The van der Waals surface area contributed by atoms with Crippen LogP contribution in [0, 0.1) is 10.1 Å². The normalized spacial score (nSPS) is 10.5. The number of aromatic nitrogens is 2. The first-order valence-corrected chi connectivity index (χ1v) is 9.35. The number of carbonyl (C=O) groups is 2. The molecule has 31 heavy (non-hydrogen) atoms. The quantitative estimate of drug-likeness (QED) is 0.432. The van der Waals surface area contributed by atoms with Gasteiger partial charge in [0.1, 0.15) is 18.1 Å². The maximum Gasteiger partial charge on any atom is 0.310 e. The molecule has 2 aromatic heterocycles. The molecule has 3 rings (SSSR count). The minimum atomic E-state index is -0.569. The Morgan fingerprint density at radius 1 is 1.26 bits per heavy atom. The molecule has 2 heterocycles. The lowest BCUT2D eigenvalue weighted by molar-refractivity contribution is -0.386. The molecule has 162 valence electrons. The summed E-state index contributed by atoms with van der Waals surface area (Å²) in [6, 6.07) is 8.95. The van der Waals surface area contributed by atoms with E-state index in [1.807, 2.05) is 6.92 Å². The van der Waals surface area contributed by atoms with Crippen LogP contribution in [0.5, 0.6) is 5.75 Å². The molecule has 0 fully saturated rings. The van der Waals surface area contributed by atoms with Gasteiger partial charge >= 0.3 is 5.69 Å². The zero-order valence-electron chi connectivity index (χ0n) is 17.2. The van der Waals surface area contributed by atoms with E-state index in [4.69, 9.17) is 9.15 Å². The van der Waals surface area contributed by atoms with Gasteiger partial charge in [-0.1, -0.05) is 12.1 Å². The van der Waals surface area contributed by atoms with E-state index in [-0.39, 0.29) is 41.1 Å². The van der Waals surface area contributed by atoms with Crippen LogP contribution in [-0.2, 0) is 13.2 Å². The van der Waals surface area contributed by atoms with Gasteiger partial charge in [-0.25, -0.2) is 0 Å². The fourth-order valence-electron chi connectivity index (χ4n) is 2.79. The molecule has 0 saturated heterocycles. The first-order valence-electron chi connectivity index (χ1n) is 9.35. The number of hydrogen-bond donors (Lipinski definition) is 1. The van der Waals surface area contributed by atoms with Gasteiger partial charge in [-0.15, -0.1) is 0 Å². The van der Waals surface area contributed by atoms with E-state index in [0.717, 1.165) is 0 Å². The van der Waals surface area contributed by atoms with Gasteiger partial charge in [0.15, 0.2) is 11.5 Å². The molecule has 0 aliphatic rings. The highest BCUT2D eigenvalue weighted by molar-refractivity contribution is 6.07. The first-order chi connectivity index (χ1) is 14.8. The van der Waals surface area contributed by atoms with Crippen molar-refractivity contribution in [1.82, 2.24) is 14.7 Å². The maximum atomic E-state index is 12.6. The van der Waals surface area contributed by atoms with Gasteiger partial charge in [0, 0.05) is 26.7 Å². The SMILES string of the molecule is CCn1ncc(NC(=O)c2ccc(COc3ccccc3[N+](=O)[O-])o2)c1C(=O)N(C)C. The Labute approximate surface area is 177 Å². The summed E-state index contributed by atoms with van der Waals surface area (Å²) >= 11 is 0. The Morgan fingerprint density at radius 2 is 2.00 bits per heavy atom. The number of nitro groups is 1. The van der Waals surface area contributed by atoms with Crippen molar-refractivity contribution >= 4 is 23.2 Å². The van der Waals surface area contributed by atoms with E-state index < -0.39 is 10.8 Å². The highest BCUT2D eigenvalue weighted by Crippen LogP contribution is 2.27. The molecule has 0 bridgehead atoms. The molecule has 0 atom stereocenters. The number of amides is 2. The Balaban J connectivity index is 1.71. The summed E-state index contributed by atoms with van der Waals surface area (Å²) in [6.07, 6.45) is 1.40. The number of rotatable bonds is 8. The number of nitrogens with zero attached hydrogens (tertiary/aromatic N) is 4. The third-order valence-corrected chi connectivity index (χ3v) is 4.31. The molecule has 0 saturated carbocycles. The molecule has 0 aliphatic carbocycles. The molecule has 0 spiro atoms. The fraction of sp³-hybridized carbons (Fsp3) is 0.250. The minimum absolute atomic E-state index is 0.00587. The Hall–Kier alpha value is -4.15. The fourth-order valence-corrected chi connectivity index (χ4v) is 2.79. The topological polar surface area (TPSA) is 133 Å². The van der Waals surface area contributed by atoms with Crippen molar-refractivity contribution in [2.45, 2.75) is 20.1 Å². The van der Waals surface area contributed by atoms with Crippen molar-refractivity contribution in [1.29, 1.82) is 0 Å². The van der Waals surface area contributed by atoms with Crippen LogP contribution in [0.4, 0.5) is 11.4 Å². The van der Waals surface area contributed by atoms with Crippen LogP contribution in [-0.4, -0.2) is 45.5 Å². The number of para-hydroxylation sites is 2. The van der Waals surface area contributed by atoms with Crippen molar-refractivity contribution in [2.24, 2.45) is 0 Å². The van der Waals surface area contributed by atoms with Crippen LogP contribution in [0.15, 0.2) is 47.0 Å². The molecule has 1 aromatic carbocycles. The summed E-state index contributed by atoms with van der Waals surface area (Å²) in [5, 5.41) is 17.8. The molecule has 0 aliphatic heterocycles. The largest absolute Gasteiger partial charge is 0.479 e. The number of furan rings is 1. The molecule has 11 heteroatoms. The van der Waals surface area contributed by atoms with Crippen LogP contribution in [0.25, 0.3) is 0 Å². The van der Waals surface area contributed by atoms with Crippen LogP contribution in [0.2, 0.25) is 0 Å². The zero-order chi connectivity index (χ0) is 22.5. The highest BCUT2D eigenvalue weighted by Gasteiger charge is 2.23. The first kappa shape index (κ1) is 21.6. The number of hydrogen-bond acceptors (Lipinski definition) is 7. The van der Waals surface area contributed by atoms with Crippen LogP contribution in [0.3, 0.4) is 0 Å². The van der Waals surface area contributed by atoms with Gasteiger partial charge in [-0.05, 0) is 25.1 Å². The number of carbonyl (C=O) groups excluding carboxylic acids is 2. The van der Waals surface area contributed by atoms with E-state index in [1.54, 1.807) is 20.2 Å². The molecule has 0 unspecified atom stereocenters. The van der Waals surface area contributed by atoms with Gasteiger partial charge in [0.05, 0.1) is 16.8 Å². The number of nitro benzene ring substituents is 1. The minimum Gasteiger partial charge on any atom is -0.479 e. The van der Waals surface area contributed by atoms with Crippen molar-refractivity contribution in [3.8, 4) is 5.75 Å². The average molecular weight is 427 g/mol. The highest BCUT2D eigenvalue weighted by atomic mass is 16.6. The predicted molar refractivity (Wildman–Crippen MR) is 110 cm³/mol.